The Kier molecular flexibility index (Phi) is 3.78. The van der Waals surface area contributed by atoms with E-state index in [1.807, 2.05) is 0 Å². The van der Waals surface area contributed by atoms with Gasteiger partial charge < -0.3 is 14.7 Å². The summed E-state index contributed by atoms with van der Waals surface area (Å²) in [7, 11) is 0. The Morgan fingerprint density at radius 3 is 2.88 bits per heavy atom. The first-order valence-corrected chi connectivity index (χ1v) is 5.98. The number of carboxylic acid groups (broad SMARTS) is 1. The van der Waals surface area contributed by atoms with E-state index in [1.165, 1.54) is 0 Å². The van der Waals surface area contributed by atoms with Gasteiger partial charge in [-0.05, 0) is 12.8 Å². The number of carbonyl (C=O) groups excluding carboxylic acids is 1. The quantitative estimate of drug-likeness (QED) is 0.719. The normalized spacial score (nSPS) is 29.1. The summed E-state index contributed by atoms with van der Waals surface area (Å²) >= 11 is 0. The lowest BCUT2D eigenvalue weighted by atomic mass is 10.0. The molecular weight excluding hydrogens is 222 g/mol. The van der Waals surface area contributed by atoms with Crippen molar-refractivity contribution >= 4 is 11.9 Å². The summed E-state index contributed by atoms with van der Waals surface area (Å²) < 4.78 is 5.48. The highest BCUT2D eigenvalue weighted by Gasteiger charge is 2.35. The number of hydrogen-bond acceptors (Lipinski definition) is 3. The van der Waals surface area contributed by atoms with Gasteiger partial charge in [-0.15, -0.1) is 0 Å². The Morgan fingerprint density at radius 1 is 1.29 bits per heavy atom. The van der Waals surface area contributed by atoms with Gasteiger partial charge in [0, 0.05) is 30.7 Å². The molecule has 2 aliphatic rings. The summed E-state index contributed by atoms with van der Waals surface area (Å²) in [4.78, 5) is 24.1. The Balaban J connectivity index is 2.06. The number of aliphatic carboxylic acids is 1. The second-order valence-corrected chi connectivity index (χ2v) is 4.54. The third-order valence-electron chi connectivity index (χ3n) is 3.48. The molecule has 2 rings (SSSR count). The van der Waals surface area contributed by atoms with Gasteiger partial charge in [-0.3, -0.25) is 4.79 Å². The first-order chi connectivity index (χ1) is 8.18. The maximum atomic E-state index is 11.9. The molecule has 0 spiro atoms. The fourth-order valence-electron chi connectivity index (χ4n) is 2.70. The molecule has 0 unspecified atom stereocenters. The lowest BCUT2D eigenvalue weighted by Crippen LogP contribution is -2.41. The SMILES string of the molecule is O=C(O)/C=C/C(=O)N1CCOC[C@@H]2CCC[C@@H]21. The van der Waals surface area contributed by atoms with Gasteiger partial charge in [-0.25, -0.2) is 4.79 Å². The molecule has 2 fully saturated rings. The van der Waals surface area contributed by atoms with Crippen molar-refractivity contribution in [2.24, 2.45) is 5.92 Å². The van der Waals surface area contributed by atoms with Crippen molar-refractivity contribution in [1.29, 1.82) is 0 Å². The van der Waals surface area contributed by atoms with Crippen LogP contribution in [-0.2, 0) is 14.3 Å². The highest BCUT2D eigenvalue weighted by molar-refractivity contribution is 5.94. The summed E-state index contributed by atoms with van der Waals surface area (Å²) in [6.45, 7) is 1.82. The maximum Gasteiger partial charge on any atom is 0.328 e. The summed E-state index contributed by atoms with van der Waals surface area (Å²) in [5.74, 6) is -0.887. The fraction of sp³-hybridized carbons (Fsp3) is 0.667. The number of nitrogens with zero attached hydrogens (tertiary/aromatic N) is 1. The van der Waals surface area contributed by atoms with Gasteiger partial charge in [-0.1, -0.05) is 6.42 Å². The molecule has 0 bridgehead atoms. The lowest BCUT2D eigenvalue weighted by molar-refractivity contribution is -0.132. The second-order valence-electron chi connectivity index (χ2n) is 4.54. The van der Waals surface area contributed by atoms with Crippen LogP contribution in [0.5, 0.6) is 0 Å². The number of hydrogen-bond donors (Lipinski definition) is 1. The van der Waals surface area contributed by atoms with Crippen LogP contribution in [0.15, 0.2) is 12.2 Å². The number of ether oxygens (including phenoxy) is 1. The molecule has 1 N–H and O–H groups in total. The maximum absolute atomic E-state index is 11.9. The number of rotatable bonds is 2. The first-order valence-electron chi connectivity index (χ1n) is 5.98. The number of carboxylic acids is 1. The number of amides is 1. The van der Waals surface area contributed by atoms with Crippen molar-refractivity contribution in [1.82, 2.24) is 4.90 Å². The minimum atomic E-state index is -1.09. The highest BCUT2D eigenvalue weighted by Crippen LogP contribution is 2.31. The molecule has 1 heterocycles. The van der Waals surface area contributed by atoms with Gasteiger partial charge >= 0.3 is 5.97 Å². The van der Waals surface area contributed by atoms with E-state index in [4.69, 9.17) is 9.84 Å². The topological polar surface area (TPSA) is 66.8 Å². The average molecular weight is 239 g/mol. The molecular formula is C12H17NO4. The summed E-state index contributed by atoms with van der Waals surface area (Å²) in [6, 6.07) is 0.225. The molecule has 0 aromatic carbocycles. The molecule has 1 amide bonds. The van der Waals surface area contributed by atoms with Crippen LogP contribution in [0.3, 0.4) is 0 Å². The standard InChI is InChI=1S/C12H17NO4/c14-11(4-5-12(15)16)13-6-7-17-8-9-2-1-3-10(9)13/h4-5,9-10H,1-3,6-8H2,(H,15,16)/b5-4+/t9-,10-/m0/s1. The predicted octanol–water partition coefficient (Wildman–Crippen LogP) is 0.655. The van der Waals surface area contributed by atoms with Crippen LogP contribution in [0.1, 0.15) is 19.3 Å². The van der Waals surface area contributed by atoms with Crippen LogP contribution >= 0.6 is 0 Å². The molecule has 1 saturated carbocycles. The van der Waals surface area contributed by atoms with Crippen molar-refractivity contribution in [2.75, 3.05) is 19.8 Å². The van der Waals surface area contributed by atoms with Gasteiger partial charge in [0.25, 0.3) is 0 Å². The molecule has 1 aliphatic heterocycles. The van der Waals surface area contributed by atoms with E-state index in [0.717, 1.165) is 38.0 Å². The van der Waals surface area contributed by atoms with Gasteiger partial charge in [0.05, 0.1) is 13.2 Å². The number of fused-ring (bicyclic) bond motifs is 1. The van der Waals surface area contributed by atoms with Crippen molar-refractivity contribution in [3.63, 3.8) is 0 Å². The van der Waals surface area contributed by atoms with E-state index in [-0.39, 0.29) is 11.9 Å². The molecule has 1 aliphatic carbocycles. The smallest absolute Gasteiger partial charge is 0.328 e. The molecule has 17 heavy (non-hydrogen) atoms. The van der Waals surface area contributed by atoms with E-state index in [1.54, 1.807) is 4.90 Å². The van der Waals surface area contributed by atoms with Gasteiger partial charge in [0.2, 0.25) is 5.91 Å². The van der Waals surface area contributed by atoms with Crippen LogP contribution in [0.25, 0.3) is 0 Å². The van der Waals surface area contributed by atoms with Crippen molar-refractivity contribution < 1.29 is 19.4 Å². The summed E-state index contributed by atoms with van der Waals surface area (Å²) in [6.07, 6.45) is 5.25. The van der Waals surface area contributed by atoms with Gasteiger partial charge in [0.1, 0.15) is 0 Å². The van der Waals surface area contributed by atoms with E-state index < -0.39 is 5.97 Å². The predicted molar refractivity (Wildman–Crippen MR) is 60.4 cm³/mol. The number of carbonyl (C=O) groups is 2. The van der Waals surface area contributed by atoms with E-state index in [0.29, 0.717) is 19.1 Å². The van der Waals surface area contributed by atoms with E-state index >= 15 is 0 Å². The van der Waals surface area contributed by atoms with E-state index in [9.17, 15) is 9.59 Å². The van der Waals surface area contributed by atoms with Crippen LogP contribution in [0.2, 0.25) is 0 Å². The minimum Gasteiger partial charge on any atom is -0.478 e. The molecule has 0 radical (unpaired) electrons. The molecule has 5 nitrogen and oxygen atoms in total. The zero-order valence-corrected chi connectivity index (χ0v) is 9.67. The second kappa shape index (κ2) is 5.31. The summed E-state index contributed by atoms with van der Waals surface area (Å²) in [5, 5.41) is 8.52. The van der Waals surface area contributed by atoms with Crippen molar-refractivity contribution in [3.8, 4) is 0 Å². The van der Waals surface area contributed by atoms with Crippen LogP contribution < -0.4 is 0 Å². The Labute approximate surface area is 100 Å². The highest BCUT2D eigenvalue weighted by atomic mass is 16.5. The van der Waals surface area contributed by atoms with Gasteiger partial charge in [-0.2, -0.15) is 0 Å². The Bertz CT molecular complexity index is 339. The minimum absolute atomic E-state index is 0.213. The lowest BCUT2D eigenvalue weighted by Gasteiger charge is -2.28. The van der Waals surface area contributed by atoms with Crippen molar-refractivity contribution in [2.45, 2.75) is 25.3 Å². The molecule has 0 aromatic rings. The molecule has 5 heteroatoms. The molecule has 94 valence electrons. The Morgan fingerprint density at radius 2 is 2.12 bits per heavy atom. The van der Waals surface area contributed by atoms with Crippen LogP contribution in [0.4, 0.5) is 0 Å². The average Bonchev–Trinajstić information content (AvgIpc) is 2.66. The molecule has 1 saturated heterocycles. The third-order valence-corrected chi connectivity index (χ3v) is 3.48. The van der Waals surface area contributed by atoms with Crippen LogP contribution in [0, 0.1) is 5.92 Å². The molecule has 2 atom stereocenters. The first kappa shape index (κ1) is 12.1. The monoisotopic (exact) mass is 239 g/mol. The van der Waals surface area contributed by atoms with Gasteiger partial charge in [0.15, 0.2) is 0 Å². The molecule has 0 aromatic heterocycles. The largest absolute Gasteiger partial charge is 0.478 e. The third kappa shape index (κ3) is 2.85. The zero-order chi connectivity index (χ0) is 12.3. The van der Waals surface area contributed by atoms with E-state index in [2.05, 4.69) is 0 Å². The zero-order valence-electron chi connectivity index (χ0n) is 9.67. The Hall–Kier alpha value is -1.36. The summed E-state index contributed by atoms with van der Waals surface area (Å²) in [5.41, 5.74) is 0. The fourth-order valence-corrected chi connectivity index (χ4v) is 2.70. The van der Waals surface area contributed by atoms with Crippen molar-refractivity contribution in [3.05, 3.63) is 12.2 Å². The van der Waals surface area contributed by atoms with Crippen LogP contribution in [-0.4, -0.2) is 47.7 Å².